The Bertz CT molecular complexity index is 1610. The van der Waals surface area contributed by atoms with Gasteiger partial charge in [-0.3, -0.25) is 9.69 Å². The maximum Gasteiger partial charge on any atom is 0.252 e. The van der Waals surface area contributed by atoms with Crippen LogP contribution in [0.3, 0.4) is 0 Å². The summed E-state index contributed by atoms with van der Waals surface area (Å²) in [4.78, 5) is 18.3. The molecule has 3 aromatic carbocycles. The summed E-state index contributed by atoms with van der Waals surface area (Å²) in [6.45, 7) is 5.35. The summed E-state index contributed by atoms with van der Waals surface area (Å²) in [5.41, 5.74) is 4.26. The zero-order valence-corrected chi connectivity index (χ0v) is 22.0. The minimum absolute atomic E-state index is 0.133. The predicted molar refractivity (Wildman–Crippen MR) is 146 cm³/mol. The number of hydrogen-bond donors (Lipinski definition) is 1. The van der Waals surface area contributed by atoms with E-state index in [2.05, 4.69) is 38.4 Å². The van der Waals surface area contributed by atoms with Crippen molar-refractivity contribution in [2.45, 2.75) is 45.9 Å². The minimum atomic E-state index is -0.293. The third kappa shape index (κ3) is 5.66. The number of aryl methyl sites for hydroxylation is 1. The molecule has 2 heterocycles. The van der Waals surface area contributed by atoms with Gasteiger partial charge in [0.25, 0.3) is 5.56 Å². The number of rotatable bonds is 9. The first kappa shape index (κ1) is 25.8. The Morgan fingerprint density at radius 3 is 2.55 bits per heavy atom. The molecule has 5 aromatic rings. The molecular formula is C29H28ClFN6O. The Balaban J connectivity index is 1.53. The van der Waals surface area contributed by atoms with E-state index in [1.54, 1.807) is 16.8 Å². The van der Waals surface area contributed by atoms with Crippen molar-refractivity contribution in [3.8, 4) is 0 Å². The molecule has 1 atom stereocenters. The van der Waals surface area contributed by atoms with Crippen molar-refractivity contribution in [3.05, 3.63) is 122 Å². The molecule has 1 N–H and O–H groups in total. The lowest BCUT2D eigenvalue weighted by atomic mass is 10.1. The van der Waals surface area contributed by atoms with Gasteiger partial charge in [-0.1, -0.05) is 60.5 Å². The van der Waals surface area contributed by atoms with E-state index in [1.165, 1.54) is 12.1 Å². The van der Waals surface area contributed by atoms with Gasteiger partial charge in [0.1, 0.15) is 5.82 Å². The number of hydrogen-bond acceptors (Lipinski definition) is 5. The highest BCUT2D eigenvalue weighted by molar-refractivity contribution is 6.31. The number of aromatic nitrogens is 5. The molecule has 0 fully saturated rings. The van der Waals surface area contributed by atoms with E-state index in [-0.39, 0.29) is 17.4 Å². The lowest BCUT2D eigenvalue weighted by Gasteiger charge is -2.30. The number of fused-ring (bicyclic) bond motifs is 1. The van der Waals surface area contributed by atoms with Gasteiger partial charge in [-0.2, -0.15) is 0 Å². The molecule has 0 aliphatic rings. The number of halogens is 2. The van der Waals surface area contributed by atoms with Gasteiger partial charge in [-0.15, -0.1) is 5.10 Å². The maximum absolute atomic E-state index is 13.4. The van der Waals surface area contributed by atoms with Crippen LogP contribution >= 0.6 is 11.6 Å². The van der Waals surface area contributed by atoms with Crippen molar-refractivity contribution >= 4 is 22.5 Å². The number of H-pyrrole nitrogens is 1. The van der Waals surface area contributed by atoms with Crippen molar-refractivity contribution in [2.75, 3.05) is 0 Å². The molecule has 0 unspecified atom stereocenters. The van der Waals surface area contributed by atoms with E-state index in [0.29, 0.717) is 42.5 Å². The predicted octanol–water partition coefficient (Wildman–Crippen LogP) is 5.82. The first-order valence-electron chi connectivity index (χ1n) is 12.5. The molecule has 0 aliphatic heterocycles. The van der Waals surface area contributed by atoms with Crippen molar-refractivity contribution in [2.24, 2.45) is 0 Å². The van der Waals surface area contributed by atoms with Crippen LogP contribution in [0.15, 0.2) is 77.6 Å². The molecular weight excluding hydrogens is 503 g/mol. The second-order valence-electron chi connectivity index (χ2n) is 9.46. The van der Waals surface area contributed by atoms with Crippen LogP contribution in [0.4, 0.5) is 4.39 Å². The fourth-order valence-electron chi connectivity index (χ4n) is 4.76. The fourth-order valence-corrected chi connectivity index (χ4v) is 4.95. The second kappa shape index (κ2) is 11.2. The molecule has 0 amide bonds. The number of aromatic amines is 1. The van der Waals surface area contributed by atoms with Gasteiger partial charge in [-0.25, -0.2) is 9.07 Å². The summed E-state index contributed by atoms with van der Waals surface area (Å²) in [5.74, 6) is 0.371. The van der Waals surface area contributed by atoms with E-state index >= 15 is 0 Å². The molecule has 2 aromatic heterocycles. The Morgan fingerprint density at radius 2 is 1.79 bits per heavy atom. The van der Waals surface area contributed by atoms with Gasteiger partial charge in [0.15, 0.2) is 5.82 Å². The monoisotopic (exact) mass is 530 g/mol. The lowest BCUT2D eigenvalue weighted by molar-refractivity contribution is 0.161. The zero-order chi connectivity index (χ0) is 26.6. The molecule has 0 aliphatic carbocycles. The highest BCUT2D eigenvalue weighted by Crippen LogP contribution is 2.29. The molecule has 0 spiro atoms. The third-order valence-corrected chi connectivity index (χ3v) is 7.08. The summed E-state index contributed by atoms with van der Waals surface area (Å²) in [6, 6.07) is 21.7. The first-order valence-corrected chi connectivity index (χ1v) is 12.9. The van der Waals surface area contributed by atoms with Crippen LogP contribution in [0.25, 0.3) is 10.9 Å². The van der Waals surface area contributed by atoms with Gasteiger partial charge in [0, 0.05) is 29.2 Å². The van der Waals surface area contributed by atoms with Gasteiger partial charge in [0.05, 0.1) is 12.6 Å². The molecule has 9 heteroatoms. The van der Waals surface area contributed by atoms with Gasteiger partial charge >= 0.3 is 0 Å². The van der Waals surface area contributed by atoms with E-state index in [4.69, 9.17) is 11.6 Å². The minimum Gasteiger partial charge on any atom is -0.322 e. The highest BCUT2D eigenvalue weighted by atomic mass is 35.5. The van der Waals surface area contributed by atoms with Crippen molar-refractivity contribution in [1.82, 2.24) is 30.1 Å². The molecule has 7 nitrogen and oxygen atoms in total. The molecule has 0 saturated heterocycles. The van der Waals surface area contributed by atoms with Crippen LogP contribution in [0.5, 0.6) is 0 Å². The standard InChI is InChI=1S/C29H28ClFN6O/c1-3-27(28-33-34-35-37(28)16-20-9-11-24(31)12-10-20)36(17-21-6-4-5-7-25(21)30)18-23-15-22-14-19(2)8-13-26(22)32-29(23)38/h4-15,27H,3,16-18H2,1-2H3,(H,32,38)/t27-/m0/s1. The normalized spacial score (nSPS) is 12.3. The molecule has 0 bridgehead atoms. The highest BCUT2D eigenvalue weighted by Gasteiger charge is 2.26. The Morgan fingerprint density at radius 1 is 1.03 bits per heavy atom. The molecule has 5 rings (SSSR count). The molecule has 194 valence electrons. The van der Waals surface area contributed by atoms with Crippen LogP contribution < -0.4 is 5.56 Å². The van der Waals surface area contributed by atoms with Gasteiger partial charge in [0.2, 0.25) is 0 Å². The summed E-state index contributed by atoms with van der Waals surface area (Å²) >= 11 is 6.55. The average Bonchev–Trinajstić information content (AvgIpc) is 3.35. The second-order valence-corrected chi connectivity index (χ2v) is 9.86. The van der Waals surface area contributed by atoms with Crippen molar-refractivity contribution in [3.63, 3.8) is 0 Å². The molecule has 0 saturated carbocycles. The number of nitrogens with one attached hydrogen (secondary N) is 1. The largest absolute Gasteiger partial charge is 0.322 e. The zero-order valence-electron chi connectivity index (χ0n) is 21.2. The maximum atomic E-state index is 13.4. The number of tetrazole rings is 1. The topological polar surface area (TPSA) is 79.7 Å². The van der Waals surface area contributed by atoms with E-state index in [9.17, 15) is 9.18 Å². The Kier molecular flexibility index (Phi) is 7.62. The van der Waals surface area contributed by atoms with Crippen molar-refractivity contribution in [1.29, 1.82) is 0 Å². The Labute approximate surface area is 224 Å². The Hall–Kier alpha value is -3.88. The third-order valence-electron chi connectivity index (χ3n) is 6.71. The van der Waals surface area contributed by atoms with Gasteiger partial charge < -0.3 is 4.98 Å². The summed E-state index contributed by atoms with van der Waals surface area (Å²) in [6.07, 6.45) is 0.693. The number of benzene rings is 3. The van der Waals surface area contributed by atoms with E-state index in [0.717, 1.165) is 27.6 Å². The molecule has 38 heavy (non-hydrogen) atoms. The van der Waals surface area contributed by atoms with Crippen LogP contribution in [-0.4, -0.2) is 30.1 Å². The number of nitrogens with zero attached hydrogens (tertiary/aromatic N) is 5. The van der Waals surface area contributed by atoms with Gasteiger partial charge in [-0.05, 0) is 76.7 Å². The SMILES string of the molecule is CC[C@@H](c1nnnn1Cc1ccc(F)cc1)N(Cc1ccccc1Cl)Cc1cc2cc(C)ccc2[nH]c1=O. The smallest absolute Gasteiger partial charge is 0.252 e. The van der Waals surface area contributed by atoms with Crippen LogP contribution in [0.2, 0.25) is 5.02 Å². The summed E-state index contributed by atoms with van der Waals surface area (Å²) < 4.78 is 15.2. The summed E-state index contributed by atoms with van der Waals surface area (Å²) in [7, 11) is 0. The van der Waals surface area contributed by atoms with E-state index < -0.39 is 0 Å². The molecule has 0 radical (unpaired) electrons. The average molecular weight is 531 g/mol. The summed E-state index contributed by atoms with van der Waals surface area (Å²) in [5, 5.41) is 14.2. The lowest BCUT2D eigenvalue weighted by Crippen LogP contribution is -2.32. The van der Waals surface area contributed by atoms with Crippen LogP contribution in [0, 0.1) is 12.7 Å². The quantitative estimate of drug-likeness (QED) is 0.260. The van der Waals surface area contributed by atoms with Crippen LogP contribution in [0.1, 0.15) is 47.5 Å². The number of pyridine rings is 1. The van der Waals surface area contributed by atoms with E-state index in [1.807, 2.05) is 49.4 Å². The van der Waals surface area contributed by atoms with Crippen LogP contribution in [-0.2, 0) is 19.6 Å². The fraction of sp³-hybridized carbons (Fsp3) is 0.241. The van der Waals surface area contributed by atoms with Crippen molar-refractivity contribution < 1.29 is 4.39 Å². The first-order chi connectivity index (χ1) is 18.4.